The van der Waals surface area contributed by atoms with Crippen LogP contribution in [0.15, 0.2) is 36.4 Å². The van der Waals surface area contributed by atoms with E-state index >= 15 is 0 Å². The second-order valence-electron chi connectivity index (χ2n) is 6.91. The summed E-state index contributed by atoms with van der Waals surface area (Å²) in [5.41, 5.74) is -0.0896. The number of nitro benzene ring substituents is 1. The SMILES string of the molecule is O=C1[C@@H]2[C@H]3C=C[C@@H]([C@@H]4C[C@H]34)[C@@H]2C(=O)N1c1ccccc1[N+](=O)[O-]. The Hall–Kier alpha value is -2.50. The van der Waals surface area contributed by atoms with Crippen LogP contribution in [0.1, 0.15) is 6.42 Å². The standard InChI is InChI=1S/C17H14N2O4/c20-16-14-8-5-6-9(11-7-10(8)11)15(14)17(21)18(16)12-3-1-2-4-13(12)19(22)23/h1-6,8-11,14-15H,7H2/t8-,9-,10-,11+,14-,15+/m0/s1. The van der Waals surface area contributed by atoms with E-state index in [0.717, 1.165) is 11.3 Å². The molecule has 1 heterocycles. The molecule has 2 bridgehead atoms. The summed E-state index contributed by atoms with van der Waals surface area (Å²) in [6.45, 7) is 0. The third-order valence-corrected chi connectivity index (χ3v) is 5.98. The average molecular weight is 310 g/mol. The molecule has 1 aromatic carbocycles. The van der Waals surface area contributed by atoms with Gasteiger partial charge >= 0.3 is 0 Å². The molecule has 0 spiro atoms. The van der Waals surface area contributed by atoms with Gasteiger partial charge in [-0.3, -0.25) is 19.7 Å². The topological polar surface area (TPSA) is 80.5 Å². The van der Waals surface area contributed by atoms with Crippen LogP contribution >= 0.6 is 0 Å². The summed E-state index contributed by atoms with van der Waals surface area (Å²) in [5.74, 6) is 0.0981. The molecule has 6 nitrogen and oxygen atoms in total. The van der Waals surface area contributed by atoms with Crippen molar-refractivity contribution in [2.75, 3.05) is 4.90 Å². The molecule has 1 saturated heterocycles. The minimum absolute atomic E-state index is 0.106. The Kier molecular flexibility index (Phi) is 2.30. The zero-order chi connectivity index (χ0) is 15.9. The second-order valence-corrected chi connectivity index (χ2v) is 6.91. The fourth-order valence-electron chi connectivity index (χ4n) is 5.00. The highest BCUT2D eigenvalue weighted by molar-refractivity contribution is 6.23. The molecular weight excluding hydrogens is 296 g/mol. The minimum Gasteiger partial charge on any atom is -0.274 e. The molecular formula is C17H14N2O4. The van der Waals surface area contributed by atoms with Crippen molar-refractivity contribution < 1.29 is 14.5 Å². The van der Waals surface area contributed by atoms with Gasteiger partial charge in [0.1, 0.15) is 5.69 Å². The predicted molar refractivity (Wildman–Crippen MR) is 80.3 cm³/mol. The molecule has 1 aromatic rings. The lowest BCUT2D eigenvalue weighted by atomic mass is 9.63. The van der Waals surface area contributed by atoms with Gasteiger partial charge in [-0.15, -0.1) is 0 Å². The van der Waals surface area contributed by atoms with Crippen LogP contribution in [0.4, 0.5) is 11.4 Å². The molecule has 0 unspecified atom stereocenters. The summed E-state index contributed by atoms with van der Waals surface area (Å²) >= 11 is 0. The number of imide groups is 1. The first-order valence-corrected chi connectivity index (χ1v) is 7.89. The van der Waals surface area contributed by atoms with E-state index in [1.54, 1.807) is 12.1 Å². The van der Waals surface area contributed by atoms with E-state index in [9.17, 15) is 19.7 Å². The summed E-state index contributed by atoms with van der Waals surface area (Å²) in [4.78, 5) is 37.6. The summed E-state index contributed by atoms with van der Waals surface area (Å²) < 4.78 is 0. The molecule has 3 fully saturated rings. The van der Waals surface area contributed by atoms with Crippen molar-refractivity contribution in [2.24, 2.45) is 35.5 Å². The molecule has 0 radical (unpaired) electrons. The highest BCUT2D eigenvalue weighted by Crippen LogP contribution is 2.65. The first kappa shape index (κ1) is 13.0. The maximum absolute atomic E-state index is 12.9. The van der Waals surface area contributed by atoms with Gasteiger partial charge in [0, 0.05) is 6.07 Å². The lowest BCUT2D eigenvalue weighted by Crippen LogP contribution is -2.40. The molecule has 2 amide bonds. The Morgan fingerprint density at radius 2 is 1.57 bits per heavy atom. The van der Waals surface area contributed by atoms with E-state index in [4.69, 9.17) is 0 Å². The van der Waals surface area contributed by atoms with Crippen LogP contribution in [0.3, 0.4) is 0 Å². The van der Waals surface area contributed by atoms with Crippen molar-refractivity contribution in [1.29, 1.82) is 0 Å². The van der Waals surface area contributed by atoms with Crippen LogP contribution in [0.25, 0.3) is 0 Å². The van der Waals surface area contributed by atoms with Gasteiger partial charge in [-0.25, -0.2) is 4.90 Å². The number of hydrogen-bond donors (Lipinski definition) is 0. The predicted octanol–water partition coefficient (Wildman–Crippen LogP) is 2.15. The highest BCUT2D eigenvalue weighted by atomic mass is 16.6. The average Bonchev–Trinajstić information content (AvgIpc) is 3.32. The molecule has 6 atom stereocenters. The zero-order valence-electron chi connectivity index (χ0n) is 12.2. The van der Waals surface area contributed by atoms with Gasteiger partial charge in [0.2, 0.25) is 11.8 Å². The lowest BCUT2D eigenvalue weighted by Gasteiger charge is -2.37. The van der Waals surface area contributed by atoms with Crippen molar-refractivity contribution in [3.05, 3.63) is 46.5 Å². The molecule has 6 rings (SSSR count). The van der Waals surface area contributed by atoms with Crippen LogP contribution in [-0.4, -0.2) is 16.7 Å². The van der Waals surface area contributed by atoms with Crippen LogP contribution in [0, 0.1) is 45.6 Å². The monoisotopic (exact) mass is 310 g/mol. The van der Waals surface area contributed by atoms with Crippen LogP contribution in [0.2, 0.25) is 0 Å². The number of hydrogen-bond acceptors (Lipinski definition) is 4. The second kappa shape index (κ2) is 4.07. The number of nitro groups is 1. The third kappa shape index (κ3) is 1.48. The Morgan fingerprint density at radius 1 is 1.00 bits per heavy atom. The number of anilines is 1. The highest BCUT2D eigenvalue weighted by Gasteiger charge is 2.67. The fourth-order valence-corrected chi connectivity index (χ4v) is 5.00. The van der Waals surface area contributed by atoms with E-state index in [1.165, 1.54) is 12.1 Å². The molecule has 6 heteroatoms. The van der Waals surface area contributed by atoms with Gasteiger partial charge in [0.05, 0.1) is 16.8 Å². The van der Waals surface area contributed by atoms with Crippen molar-refractivity contribution in [3.63, 3.8) is 0 Å². The number of carbonyl (C=O) groups excluding carboxylic acids is 2. The number of para-hydroxylation sites is 2. The smallest absolute Gasteiger partial charge is 0.274 e. The number of amides is 2. The quantitative estimate of drug-likeness (QED) is 0.363. The Morgan fingerprint density at radius 3 is 2.13 bits per heavy atom. The van der Waals surface area contributed by atoms with Crippen molar-refractivity contribution in [3.8, 4) is 0 Å². The summed E-state index contributed by atoms with van der Waals surface area (Å²) in [6, 6.07) is 5.98. The van der Waals surface area contributed by atoms with Gasteiger partial charge in [0.25, 0.3) is 5.69 Å². The van der Waals surface area contributed by atoms with Gasteiger partial charge < -0.3 is 0 Å². The molecule has 1 aliphatic heterocycles. The van der Waals surface area contributed by atoms with Crippen LogP contribution in [-0.2, 0) is 9.59 Å². The van der Waals surface area contributed by atoms with E-state index in [0.29, 0.717) is 11.8 Å². The molecule has 2 saturated carbocycles. The van der Waals surface area contributed by atoms with Gasteiger partial charge in [0.15, 0.2) is 0 Å². The largest absolute Gasteiger partial charge is 0.293 e. The molecule has 116 valence electrons. The third-order valence-electron chi connectivity index (χ3n) is 5.98. The van der Waals surface area contributed by atoms with E-state index in [-0.39, 0.29) is 46.9 Å². The number of allylic oxidation sites excluding steroid dienone is 2. The Labute approximate surface area is 131 Å². The van der Waals surface area contributed by atoms with Gasteiger partial charge in [-0.05, 0) is 36.2 Å². The number of benzene rings is 1. The maximum atomic E-state index is 12.9. The number of rotatable bonds is 2. The zero-order valence-corrected chi connectivity index (χ0v) is 12.2. The summed E-state index contributed by atoms with van der Waals surface area (Å²) in [6.07, 6.45) is 5.28. The fraction of sp³-hybridized carbons (Fsp3) is 0.412. The summed E-state index contributed by atoms with van der Waals surface area (Å²) in [7, 11) is 0. The number of carbonyl (C=O) groups is 2. The molecule has 23 heavy (non-hydrogen) atoms. The maximum Gasteiger partial charge on any atom is 0.293 e. The molecule has 0 N–H and O–H groups in total. The van der Waals surface area contributed by atoms with E-state index in [1.807, 2.05) is 0 Å². The van der Waals surface area contributed by atoms with Crippen molar-refractivity contribution in [2.45, 2.75) is 6.42 Å². The normalized spacial score (nSPS) is 39.4. The van der Waals surface area contributed by atoms with Crippen molar-refractivity contribution in [1.82, 2.24) is 0 Å². The number of nitrogens with zero attached hydrogens (tertiary/aromatic N) is 2. The minimum atomic E-state index is -0.539. The molecule has 0 aromatic heterocycles. The van der Waals surface area contributed by atoms with E-state index < -0.39 is 4.92 Å². The van der Waals surface area contributed by atoms with Crippen molar-refractivity contribution >= 4 is 23.2 Å². The first-order valence-electron chi connectivity index (χ1n) is 7.89. The van der Waals surface area contributed by atoms with Gasteiger partial charge in [-0.2, -0.15) is 0 Å². The lowest BCUT2D eigenvalue weighted by molar-refractivity contribution is -0.384. The van der Waals surface area contributed by atoms with Gasteiger partial charge in [-0.1, -0.05) is 24.3 Å². The molecule has 4 aliphatic carbocycles. The van der Waals surface area contributed by atoms with Crippen LogP contribution < -0.4 is 4.90 Å². The first-order chi connectivity index (χ1) is 11.1. The Balaban J connectivity index is 1.61. The van der Waals surface area contributed by atoms with Crippen LogP contribution in [0.5, 0.6) is 0 Å². The Bertz CT molecular complexity index is 766. The summed E-state index contributed by atoms with van der Waals surface area (Å²) in [5, 5.41) is 11.3. The van der Waals surface area contributed by atoms with E-state index in [2.05, 4.69) is 12.2 Å². The molecule has 5 aliphatic rings.